The third-order valence-corrected chi connectivity index (χ3v) is 1.83. The minimum atomic E-state index is 0.111. The Morgan fingerprint density at radius 3 is 2.20 bits per heavy atom. The van der Waals surface area contributed by atoms with Crippen LogP contribution in [-0.2, 0) is 0 Å². The van der Waals surface area contributed by atoms with Gasteiger partial charge in [-0.2, -0.15) is 0 Å². The summed E-state index contributed by atoms with van der Waals surface area (Å²) in [4.78, 5) is 10.7. The molecule has 0 saturated heterocycles. The maximum absolute atomic E-state index is 10.7. The van der Waals surface area contributed by atoms with E-state index >= 15 is 0 Å². The van der Waals surface area contributed by atoms with Crippen LogP contribution in [0.1, 0.15) is 17.3 Å². The van der Waals surface area contributed by atoms with E-state index in [2.05, 4.69) is 16.0 Å². The van der Waals surface area contributed by atoms with E-state index in [1.807, 2.05) is 24.3 Å². The van der Waals surface area contributed by atoms with Gasteiger partial charge in [0.25, 0.3) is 0 Å². The first-order valence-corrected chi connectivity index (χ1v) is 3.84. The van der Waals surface area contributed by atoms with Crippen molar-refractivity contribution in [1.29, 1.82) is 0 Å². The van der Waals surface area contributed by atoms with Crippen LogP contribution in [0.4, 0.5) is 0 Å². The molecule has 0 atom stereocenters. The Morgan fingerprint density at radius 2 is 1.80 bits per heavy atom. The van der Waals surface area contributed by atoms with E-state index in [4.69, 9.17) is 0 Å². The van der Waals surface area contributed by atoms with Gasteiger partial charge in [0.15, 0.2) is 0 Å². The monoisotopic (exact) mass is 199 g/mol. The van der Waals surface area contributed by atoms with E-state index in [1.54, 1.807) is 6.92 Å². The molecule has 0 fully saturated rings. The topological polar surface area (TPSA) is 17.1 Å². The van der Waals surface area contributed by atoms with Gasteiger partial charge in [-0.1, -0.05) is 0 Å². The van der Waals surface area contributed by atoms with Gasteiger partial charge in [-0.25, -0.2) is 0 Å². The zero-order chi connectivity index (χ0) is 7.56. The standard InChI is InChI=1S/C8H7OSe/c1-6(9)7-2-4-8(10)5-3-7/h2-5H,1H3. The van der Waals surface area contributed by atoms with Crippen molar-refractivity contribution >= 4 is 26.3 Å². The van der Waals surface area contributed by atoms with Gasteiger partial charge in [0, 0.05) is 0 Å². The molecule has 0 amide bonds. The molecule has 0 aromatic heterocycles. The second-order valence-corrected chi connectivity index (χ2v) is 3.07. The Morgan fingerprint density at radius 1 is 1.30 bits per heavy atom. The Labute approximate surface area is 68.3 Å². The maximum atomic E-state index is 10.7. The van der Waals surface area contributed by atoms with Crippen LogP contribution in [0.25, 0.3) is 0 Å². The molecule has 0 saturated carbocycles. The molecular weight excluding hydrogens is 191 g/mol. The second kappa shape index (κ2) is 3.00. The fraction of sp³-hybridized carbons (Fsp3) is 0.125. The van der Waals surface area contributed by atoms with E-state index < -0.39 is 0 Å². The summed E-state index contributed by atoms with van der Waals surface area (Å²) in [6.07, 6.45) is 0. The van der Waals surface area contributed by atoms with Crippen molar-refractivity contribution in [2.45, 2.75) is 6.92 Å². The summed E-state index contributed by atoms with van der Waals surface area (Å²) in [6, 6.07) is 7.40. The predicted molar refractivity (Wildman–Crippen MR) is 41.8 cm³/mol. The number of carbonyl (C=O) groups excluding carboxylic acids is 1. The molecule has 0 bridgehead atoms. The molecule has 0 N–H and O–H groups in total. The quantitative estimate of drug-likeness (QED) is 0.479. The molecule has 1 radical (unpaired) electrons. The van der Waals surface area contributed by atoms with Gasteiger partial charge >= 0.3 is 67.8 Å². The summed E-state index contributed by atoms with van der Waals surface area (Å²) in [7, 11) is 0. The van der Waals surface area contributed by atoms with Gasteiger partial charge in [-0.3, -0.25) is 0 Å². The third-order valence-electron chi connectivity index (χ3n) is 1.26. The molecule has 0 aliphatic rings. The van der Waals surface area contributed by atoms with Crippen LogP contribution in [0, 0.1) is 0 Å². The van der Waals surface area contributed by atoms with Crippen LogP contribution in [-0.4, -0.2) is 21.8 Å². The van der Waals surface area contributed by atoms with E-state index in [1.165, 1.54) is 0 Å². The normalized spacial score (nSPS) is 9.30. The van der Waals surface area contributed by atoms with Gasteiger partial charge < -0.3 is 0 Å². The molecule has 51 valence electrons. The van der Waals surface area contributed by atoms with Crippen molar-refractivity contribution in [3.63, 3.8) is 0 Å². The molecule has 1 nitrogen and oxygen atoms in total. The van der Waals surface area contributed by atoms with E-state index in [0.717, 1.165) is 10.0 Å². The summed E-state index contributed by atoms with van der Waals surface area (Å²) in [5.41, 5.74) is 0.763. The molecule has 2 heteroatoms. The van der Waals surface area contributed by atoms with E-state index in [-0.39, 0.29) is 5.78 Å². The number of hydrogen-bond acceptors (Lipinski definition) is 1. The van der Waals surface area contributed by atoms with Crippen molar-refractivity contribution in [1.82, 2.24) is 0 Å². The number of benzene rings is 1. The molecular formula is C8H7OSe. The fourth-order valence-corrected chi connectivity index (χ4v) is 0.975. The summed E-state index contributed by atoms with van der Waals surface area (Å²) < 4.78 is 1.06. The van der Waals surface area contributed by atoms with Crippen LogP contribution < -0.4 is 4.46 Å². The van der Waals surface area contributed by atoms with Crippen LogP contribution in [0.3, 0.4) is 0 Å². The zero-order valence-corrected chi connectivity index (χ0v) is 7.34. The summed E-state index contributed by atoms with van der Waals surface area (Å²) in [5, 5.41) is 0. The van der Waals surface area contributed by atoms with Gasteiger partial charge in [-0.15, -0.1) is 0 Å². The van der Waals surface area contributed by atoms with E-state index in [9.17, 15) is 4.79 Å². The first-order chi connectivity index (χ1) is 4.70. The second-order valence-electron chi connectivity index (χ2n) is 2.08. The summed E-state index contributed by atoms with van der Waals surface area (Å²) in [5.74, 6) is 0.111. The molecule has 1 aromatic carbocycles. The minimum absolute atomic E-state index is 0.111. The summed E-state index contributed by atoms with van der Waals surface area (Å²) in [6.45, 7) is 1.56. The number of carbonyl (C=O) groups is 1. The number of ketones is 1. The average molecular weight is 198 g/mol. The van der Waals surface area contributed by atoms with Crippen molar-refractivity contribution in [2.24, 2.45) is 0 Å². The van der Waals surface area contributed by atoms with Crippen molar-refractivity contribution in [3.05, 3.63) is 29.8 Å². The Hall–Kier alpha value is -0.591. The molecule has 0 aliphatic heterocycles. The van der Waals surface area contributed by atoms with E-state index in [0.29, 0.717) is 0 Å². The first-order valence-electron chi connectivity index (χ1n) is 2.98. The Kier molecular flexibility index (Phi) is 2.25. The predicted octanol–water partition coefficient (Wildman–Crippen LogP) is 0.683. The molecule has 1 aromatic rings. The third kappa shape index (κ3) is 1.69. The number of Topliss-reactive ketones (excluding diaryl/α,β-unsaturated/α-hetero) is 1. The van der Waals surface area contributed by atoms with Crippen LogP contribution >= 0.6 is 0 Å². The molecule has 10 heavy (non-hydrogen) atoms. The Bertz CT molecular complexity index is 238. The molecule has 0 unspecified atom stereocenters. The number of rotatable bonds is 1. The van der Waals surface area contributed by atoms with Crippen LogP contribution in [0.15, 0.2) is 24.3 Å². The SMILES string of the molecule is CC(=O)c1ccc([Se])cc1. The van der Waals surface area contributed by atoms with Gasteiger partial charge in [-0.05, 0) is 0 Å². The Balaban J connectivity index is 3.00. The molecule has 0 spiro atoms. The van der Waals surface area contributed by atoms with Crippen LogP contribution in [0.5, 0.6) is 0 Å². The number of hydrogen-bond donors (Lipinski definition) is 0. The van der Waals surface area contributed by atoms with Gasteiger partial charge in [0.2, 0.25) is 0 Å². The molecule has 0 aliphatic carbocycles. The van der Waals surface area contributed by atoms with Gasteiger partial charge in [0.1, 0.15) is 0 Å². The van der Waals surface area contributed by atoms with Crippen molar-refractivity contribution in [3.8, 4) is 0 Å². The molecule has 0 heterocycles. The fourth-order valence-electron chi connectivity index (χ4n) is 0.690. The zero-order valence-electron chi connectivity index (χ0n) is 5.63. The summed E-state index contributed by atoms with van der Waals surface area (Å²) >= 11 is 2.86. The van der Waals surface area contributed by atoms with Gasteiger partial charge in [0.05, 0.1) is 0 Å². The first kappa shape index (κ1) is 7.52. The van der Waals surface area contributed by atoms with Crippen molar-refractivity contribution < 1.29 is 4.79 Å². The van der Waals surface area contributed by atoms with Crippen LogP contribution in [0.2, 0.25) is 0 Å². The van der Waals surface area contributed by atoms with Crippen molar-refractivity contribution in [2.75, 3.05) is 0 Å². The average Bonchev–Trinajstić information content (AvgIpc) is 1.88. The molecule has 1 rings (SSSR count).